The quantitative estimate of drug-likeness (QED) is 0.832. The number of ether oxygens (including phenoxy) is 1. The van der Waals surface area contributed by atoms with Crippen molar-refractivity contribution in [3.8, 4) is 0 Å². The number of rotatable bonds is 1. The normalized spacial score (nSPS) is 18.9. The molecule has 1 aromatic rings. The third-order valence-corrected chi connectivity index (χ3v) is 3.19. The van der Waals surface area contributed by atoms with Gasteiger partial charge >= 0.3 is 6.09 Å². The zero-order chi connectivity index (χ0) is 13.4. The first kappa shape index (κ1) is 13.1. The third-order valence-electron chi connectivity index (χ3n) is 3.19. The molecule has 0 spiro atoms. The van der Waals surface area contributed by atoms with Gasteiger partial charge in [-0.15, -0.1) is 0 Å². The van der Waals surface area contributed by atoms with E-state index in [-0.39, 0.29) is 5.54 Å². The minimum Gasteiger partial charge on any atom is -0.443 e. The fourth-order valence-electron chi connectivity index (χ4n) is 2.26. The molecule has 0 radical (unpaired) electrons. The molecule has 0 saturated heterocycles. The van der Waals surface area contributed by atoms with E-state index >= 15 is 0 Å². The second-order valence-corrected chi connectivity index (χ2v) is 6.01. The molecule has 18 heavy (non-hydrogen) atoms. The number of imidazole rings is 1. The Morgan fingerprint density at radius 2 is 2.06 bits per heavy atom. The van der Waals surface area contributed by atoms with Gasteiger partial charge < -0.3 is 10.5 Å². The highest BCUT2D eigenvalue weighted by molar-refractivity contribution is 5.70. The van der Waals surface area contributed by atoms with E-state index in [9.17, 15) is 4.79 Å². The predicted octanol–water partition coefficient (Wildman–Crippen LogP) is 2.39. The van der Waals surface area contributed by atoms with E-state index in [1.54, 1.807) is 6.20 Å². The summed E-state index contributed by atoms with van der Waals surface area (Å²) in [6.45, 7) is 5.51. The van der Waals surface area contributed by atoms with E-state index in [1.807, 2.05) is 20.8 Å². The molecule has 0 aromatic carbocycles. The summed E-state index contributed by atoms with van der Waals surface area (Å²) in [7, 11) is 0. The smallest absolute Gasteiger partial charge is 0.419 e. The standard InChI is InChI=1S/C13H21N3O2/c1-12(2,3)18-11(17)16-8-10(15-9-16)13(14)6-4-5-7-13/h8-9H,4-7,14H2,1-3H3. The molecule has 5 nitrogen and oxygen atoms in total. The highest BCUT2D eigenvalue weighted by Crippen LogP contribution is 2.35. The van der Waals surface area contributed by atoms with Crippen LogP contribution in [0.4, 0.5) is 4.79 Å². The largest absolute Gasteiger partial charge is 0.443 e. The summed E-state index contributed by atoms with van der Waals surface area (Å²) in [5.41, 5.74) is 6.20. The van der Waals surface area contributed by atoms with Crippen molar-refractivity contribution in [1.29, 1.82) is 0 Å². The lowest BCUT2D eigenvalue weighted by atomic mass is 9.96. The van der Waals surface area contributed by atoms with Crippen molar-refractivity contribution in [2.45, 2.75) is 57.6 Å². The maximum Gasteiger partial charge on any atom is 0.419 e. The van der Waals surface area contributed by atoms with E-state index < -0.39 is 11.7 Å². The van der Waals surface area contributed by atoms with Gasteiger partial charge in [0.1, 0.15) is 11.9 Å². The molecule has 0 amide bonds. The number of nitrogens with two attached hydrogens (primary N) is 1. The molecule has 2 rings (SSSR count). The van der Waals surface area contributed by atoms with Crippen LogP contribution in [-0.4, -0.2) is 21.2 Å². The average molecular weight is 251 g/mol. The molecule has 0 atom stereocenters. The van der Waals surface area contributed by atoms with Crippen LogP contribution in [0.3, 0.4) is 0 Å². The monoisotopic (exact) mass is 251 g/mol. The van der Waals surface area contributed by atoms with Gasteiger partial charge in [0.05, 0.1) is 11.2 Å². The lowest BCUT2D eigenvalue weighted by molar-refractivity contribution is 0.0536. The van der Waals surface area contributed by atoms with Crippen molar-refractivity contribution in [2.24, 2.45) is 5.73 Å². The molecule has 100 valence electrons. The molecule has 1 saturated carbocycles. The Bertz CT molecular complexity index is 439. The highest BCUT2D eigenvalue weighted by Gasteiger charge is 2.33. The van der Waals surface area contributed by atoms with E-state index in [2.05, 4.69) is 4.98 Å². The molecule has 0 unspecified atom stereocenters. The van der Waals surface area contributed by atoms with Gasteiger partial charge in [0.15, 0.2) is 0 Å². The lowest BCUT2D eigenvalue weighted by Crippen LogP contribution is -2.33. The summed E-state index contributed by atoms with van der Waals surface area (Å²) in [5, 5.41) is 0. The van der Waals surface area contributed by atoms with Gasteiger partial charge in [-0.25, -0.2) is 14.3 Å². The van der Waals surface area contributed by atoms with Gasteiger partial charge in [-0.1, -0.05) is 12.8 Å². The molecule has 1 fully saturated rings. The van der Waals surface area contributed by atoms with Crippen molar-refractivity contribution in [3.63, 3.8) is 0 Å². The number of nitrogens with zero attached hydrogens (tertiary/aromatic N) is 2. The second-order valence-electron chi connectivity index (χ2n) is 6.01. The van der Waals surface area contributed by atoms with E-state index in [4.69, 9.17) is 10.5 Å². The number of carbonyl (C=O) groups is 1. The van der Waals surface area contributed by atoms with Crippen molar-refractivity contribution >= 4 is 6.09 Å². The molecule has 1 aliphatic carbocycles. The van der Waals surface area contributed by atoms with Gasteiger partial charge in [-0.05, 0) is 33.6 Å². The van der Waals surface area contributed by atoms with Crippen molar-refractivity contribution in [2.75, 3.05) is 0 Å². The minimum atomic E-state index is -0.505. The van der Waals surface area contributed by atoms with Crippen LogP contribution in [-0.2, 0) is 10.3 Å². The van der Waals surface area contributed by atoms with Crippen LogP contribution in [0.5, 0.6) is 0 Å². The Kier molecular flexibility index (Phi) is 3.19. The van der Waals surface area contributed by atoms with E-state index in [1.165, 1.54) is 10.9 Å². The van der Waals surface area contributed by atoms with Crippen LogP contribution in [0.15, 0.2) is 12.5 Å². The van der Waals surface area contributed by atoms with E-state index in [0.29, 0.717) is 0 Å². The summed E-state index contributed by atoms with van der Waals surface area (Å²) in [5.74, 6) is 0. The first-order valence-corrected chi connectivity index (χ1v) is 6.37. The third kappa shape index (κ3) is 2.72. The lowest BCUT2D eigenvalue weighted by Gasteiger charge is -2.21. The second kappa shape index (κ2) is 4.39. The van der Waals surface area contributed by atoms with Crippen LogP contribution in [0.25, 0.3) is 0 Å². The Balaban J connectivity index is 2.13. The molecular formula is C13H21N3O2. The Hall–Kier alpha value is -1.36. The molecule has 1 aliphatic rings. The topological polar surface area (TPSA) is 70.1 Å². The number of aromatic nitrogens is 2. The highest BCUT2D eigenvalue weighted by atomic mass is 16.6. The molecule has 1 heterocycles. The Morgan fingerprint density at radius 3 is 2.61 bits per heavy atom. The van der Waals surface area contributed by atoms with Gasteiger partial charge in [-0.2, -0.15) is 0 Å². The fraction of sp³-hybridized carbons (Fsp3) is 0.692. The Labute approximate surface area is 107 Å². The number of carbonyl (C=O) groups excluding carboxylic acids is 1. The molecular weight excluding hydrogens is 230 g/mol. The fourth-order valence-corrected chi connectivity index (χ4v) is 2.26. The van der Waals surface area contributed by atoms with Crippen LogP contribution in [0.2, 0.25) is 0 Å². The average Bonchev–Trinajstić information content (AvgIpc) is 2.83. The summed E-state index contributed by atoms with van der Waals surface area (Å²) < 4.78 is 6.64. The van der Waals surface area contributed by atoms with Crippen molar-refractivity contribution in [3.05, 3.63) is 18.2 Å². The maximum absolute atomic E-state index is 11.9. The summed E-state index contributed by atoms with van der Waals surface area (Å²) in [4.78, 5) is 16.1. The summed E-state index contributed by atoms with van der Waals surface area (Å²) in [6.07, 6.45) is 6.86. The minimum absolute atomic E-state index is 0.368. The zero-order valence-electron chi connectivity index (χ0n) is 11.3. The van der Waals surface area contributed by atoms with Gasteiger partial charge in [0, 0.05) is 6.20 Å². The first-order valence-electron chi connectivity index (χ1n) is 6.37. The number of hydrogen-bond donors (Lipinski definition) is 1. The molecule has 0 bridgehead atoms. The Morgan fingerprint density at radius 1 is 1.44 bits per heavy atom. The summed E-state index contributed by atoms with van der Waals surface area (Å²) >= 11 is 0. The van der Waals surface area contributed by atoms with Crippen molar-refractivity contribution in [1.82, 2.24) is 9.55 Å². The maximum atomic E-state index is 11.9. The molecule has 5 heteroatoms. The number of hydrogen-bond acceptors (Lipinski definition) is 4. The van der Waals surface area contributed by atoms with Gasteiger partial charge in [-0.3, -0.25) is 0 Å². The van der Waals surface area contributed by atoms with Crippen LogP contribution in [0, 0.1) is 0 Å². The molecule has 1 aromatic heterocycles. The van der Waals surface area contributed by atoms with Crippen molar-refractivity contribution < 1.29 is 9.53 Å². The predicted molar refractivity (Wildman–Crippen MR) is 68.2 cm³/mol. The summed E-state index contributed by atoms with van der Waals surface area (Å²) in [6, 6.07) is 0. The molecule has 0 aliphatic heterocycles. The van der Waals surface area contributed by atoms with Crippen LogP contribution < -0.4 is 5.73 Å². The van der Waals surface area contributed by atoms with Crippen LogP contribution >= 0.6 is 0 Å². The van der Waals surface area contributed by atoms with Gasteiger partial charge in [0.25, 0.3) is 0 Å². The molecule has 2 N–H and O–H groups in total. The zero-order valence-corrected chi connectivity index (χ0v) is 11.3. The van der Waals surface area contributed by atoms with Gasteiger partial charge in [0.2, 0.25) is 0 Å². The SMILES string of the molecule is CC(C)(C)OC(=O)n1cnc(C2(N)CCCC2)c1. The first-order chi connectivity index (χ1) is 8.30. The van der Waals surface area contributed by atoms with E-state index in [0.717, 1.165) is 31.4 Å². The van der Waals surface area contributed by atoms with Crippen LogP contribution in [0.1, 0.15) is 52.1 Å².